The van der Waals surface area contributed by atoms with Crippen molar-refractivity contribution >= 4 is 39.0 Å². The lowest BCUT2D eigenvalue weighted by Gasteiger charge is -2.07. The molecule has 0 radical (unpaired) electrons. The van der Waals surface area contributed by atoms with E-state index >= 15 is 0 Å². The molecule has 2 heterocycles. The van der Waals surface area contributed by atoms with E-state index in [9.17, 15) is 9.59 Å². The first-order valence-corrected chi connectivity index (χ1v) is 8.23. The number of amides is 1. The summed E-state index contributed by atoms with van der Waals surface area (Å²) < 4.78 is 2.63. The quantitative estimate of drug-likeness (QED) is 0.688. The van der Waals surface area contributed by atoms with Crippen LogP contribution in [0.4, 0.5) is 5.69 Å². The molecule has 0 aliphatic heterocycles. The average Bonchev–Trinajstić information content (AvgIpc) is 2.84. The summed E-state index contributed by atoms with van der Waals surface area (Å²) >= 11 is 3.49. The van der Waals surface area contributed by atoms with Crippen LogP contribution in [-0.2, 0) is 0 Å². The second-order valence-corrected chi connectivity index (χ2v) is 6.55. The van der Waals surface area contributed by atoms with Crippen LogP contribution in [0.5, 0.6) is 0 Å². The van der Waals surface area contributed by atoms with Gasteiger partial charge in [-0.1, -0.05) is 0 Å². The van der Waals surface area contributed by atoms with E-state index < -0.39 is 0 Å². The number of anilines is 1. The van der Waals surface area contributed by atoms with Crippen LogP contribution in [0.2, 0.25) is 0 Å². The molecule has 1 N–H and O–H groups in total. The number of fused-ring (bicyclic) bond motifs is 1. The first kappa shape index (κ1) is 16.4. The molecule has 6 heteroatoms. The molecule has 0 spiro atoms. The standard InChI is InChI=1S/C18H16BrN3O2/c1-10-8-15(19)17-20-11(2)16(22(17)9-10)18(24)21-14-6-4-13(5-7-14)12(3)23/h4-9H,1-3H3,(H,21,24). The number of ketones is 1. The monoisotopic (exact) mass is 385 g/mol. The highest BCUT2D eigenvalue weighted by atomic mass is 79.9. The Kier molecular flexibility index (Phi) is 4.24. The van der Waals surface area contributed by atoms with E-state index in [0.717, 1.165) is 10.0 Å². The van der Waals surface area contributed by atoms with Gasteiger partial charge in [0, 0.05) is 17.4 Å². The van der Waals surface area contributed by atoms with Crippen molar-refractivity contribution in [3.63, 3.8) is 0 Å². The third kappa shape index (κ3) is 2.97. The van der Waals surface area contributed by atoms with Crippen LogP contribution >= 0.6 is 15.9 Å². The zero-order valence-electron chi connectivity index (χ0n) is 13.6. The Bertz CT molecular complexity index is 959. The van der Waals surface area contributed by atoms with Gasteiger partial charge < -0.3 is 5.32 Å². The Labute approximate surface area is 147 Å². The van der Waals surface area contributed by atoms with Crippen molar-refractivity contribution < 1.29 is 9.59 Å². The molecular formula is C18H16BrN3O2. The summed E-state index contributed by atoms with van der Waals surface area (Å²) in [6.07, 6.45) is 1.88. The van der Waals surface area contributed by atoms with E-state index in [1.165, 1.54) is 6.92 Å². The number of hydrogen-bond acceptors (Lipinski definition) is 3. The second kappa shape index (κ2) is 6.20. The number of Topliss-reactive ketones (excluding diaryl/α,β-unsaturated/α-hetero) is 1. The number of pyridine rings is 1. The van der Waals surface area contributed by atoms with Crippen molar-refractivity contribution in [3.05, 3.63) is 63.5 Å². The molecule has 5 nitrogen and oxygen atoms in total. The smallest absolute Gasteiger partial charge is 0.274 e. The molecule has 0 fully saturated rings. The van der Waals surface area contributed by atoms with Crippen molar-refractivity contribution in [2.75, 3.05) is 5.32 Å². The second-order valence-electron chi connectivity index (χ2n) is 5.69. The van der Waals surface area contributed by atoms with Gasteiger partial charge in [0.15, 0.2) is 11.4 Å². The van der Waals surface area contributed by atoms with E-state index in [4.69, 9.17) is 0 Å². The van der Waals surface area contributed by atoms with Gasteiger partial charge in [-0.2, -0.15) is 0 Å². The van der Waals surface area contributed by atoms with Gasteiger partial charge in [0.25, 0.3) is 5.91 Å². The lowest BCUT2D eigenvalue weighted by molar-refractivity contribution is 0.101. The van der Waals surface area contributed by atoms with Crippen LogP contribution in [0.15, 0.2) is 41.0 Å². The van der Waals surface area contributed by atoms with Gasteiger partial charge >= 0.3 is 0 Å². The van der Waals surface area contributed by atoms with Gasteiger partial charge in [-0.15, -0.1) is 0 Å². The molecule has 0 saturated carbocycles. The summed E-state index contributed by atoms with van der Waals surface area (Å²) in [5.74, 6) is -0.251. The topological polar surface area (TPSA) is 63.5 Å². The van der Waals surface area contributed by atoms with Crippen molar-refractivity contribution in [2.45, 2.75) is 20.8 Å². The summed E-state index contributed by atoms with van der Waals surface area (Å²) in [5, 5.41) is 2.86. The number of aromatic nitrogens is 2. The zero-order chi connectivity index (χ0) is 17.4. The minimum atomic E-state index is -0.243. The SMILES string of the molecule is CC(=O)c1ccc(NC(=O)c2c(C)nc3c(Br)cc(C)cn23)cc1. The fraction of sp³-hybridized carbons (Fsp3) is 0.167. The van der Waals surface area contributed by atoms with Crippen molar-refractivity contribution in [2.24, 2.45) is 0 Å². The molecule has 1 aromatic carbocycles. The molecule has 0 aliphatic carbocycles. The predicted octanol–water partition coefficient (Wildman–Crippen LogP) is 4.17. The molecule has 1 amide bonds. The van der Waals surface area contributed by atoms with Crippen molar-refractivity contribution in [3.8, 4) is 0 Å². The van der Waals surface area contributed by atoms with Gasteiger partial charge in [0.2, 0.25) is 0 Å². The number of rotatable bonds is 3. The number of nitrogens with zero attached hydrogens (tertiary/aromatic N) is 2. The van der Waals surface area contributed by atoms with Crippen LogP contribution in [0, 0.1) is 13.8 Å². The highest BCUT2D eigenvalue weighted by molar-refractivity contribution is 9.10. The molecule has 0 atom stereocenters. The van der Waals surface area contributed by atoms with Crippen molar-refractivity contribution in [1.29, 1.82) is 0 Å². The Morgan fingerprint density at radius 1 is 1.17 bits per heavy atom. The summed E-state index contributed by atoms with van der Waals surface area (Å²) in [4.78, 5) is 28.5. The number of halogens is 1. The fourth-order valence-electron chi connectivity index (χ4n) is 2.60. The van der Waals surface area contributed by atoms with E-state index in [1.54, 1.807) is 28.7 Å². The zero-order valence-corrected chi connectivity index (χ0v) is 15.1. The van der Waals surface area contributed by atoms with E-state index in [0.29, 0.717) is 28.3 Å². The Morgan fingerprint density at radius 2 is 1.83 bits per heavy atom. The molecular weight excluding hydrogens is 370 g/mol. The van der Waals surface area contributed by atoms with E-state index in [2.05, 4.69) is 26.2 Å². The molecule has 0 bridgehead atoms. The van der Waals surface area contributed by atoms with Gasteiger partial charge in [0.1, 0.15) is 5.69 Å². The van der Waals surface area contributed by atoms with Gasteiger partial charge in [0.05, 0.1) is 10.2 Å². The summed E-state index contributed by atoms with van der Waals surface area (Å²) in [6, 6.07) is 8.78. The van der Waals surface area contributed by atoms with Crippen molar-refractivity contribution in [1.82, 2.24) is 9.38 Å². The lowest BCUT2D eigenvalue weighted by atomic mass is 10.1. The maximum atomic E-state index is 12.7. The minimum absolute atomic E-state index is 0.00849. The summed E-state index contributed by atoms with van der Waals surface area (Å²) in [7, 11) is 0. The Morgan fingerprint density at radius 3 is 2.46 bits per heavy atom. The van der Waals surface area contributed by atoms with Crippen LogP contribution in [-0.4, -0.2) is 21.1 Å². The fourth-order valence-corrected chi connectivity index (χ4v) is 3.24. The maximum absolute atomic E-state index is 12.7. The maximum Gasteiger partial charge on any atom is 0.274 e. The first-order chi connectivity index (χ1) is 11.4. The number of benzene rings is 1. The number of nitrogens with one attached hydrogen (secondary N) is 1. The van der Waals surface area contributed by atoms with Gasteiger partial charge in [-0.25, -0.2) is 4.98 Å². The normalized spacial score (nSPS) is 10.8. The predicted molar refractivity (Wildman–Crippen MR) is 96.8 cm³/mol. The Balaban J connectivity index is 1.97. The average molecular weight is 386 g/mol. The number of aryl methyl sites for hydroxylation is 2. The van der Waals surface area contributed by atoms with E-state index in [1.807, 2.05) is 26.1 Å². The van der Waals surface area contributed by atoms with Crippen LogP contribution in [0.1, 0.15) is 39.0 Å². The Hall–Kier alpha value is -2.47. The summed E-state index contributed by atoms with van der Waals surface area (Å²) in [5.41, 5.74) is 4.11. The molecule has 24 heavy (non-hydrogen) atoms. The molecule has 122 valence electrons. The van der Waals surface area contributed by atoms with Gasteiger partial charge in [-0.3, -0.25) is 14.0 Å². The molecule has 0 aliphatic rings. The summed E-state index contributed by atoms with van der Waals surface area (Å²) in [6.45, 7) is 5.28. The molecule has 3 aromatic rings. The van der Waals surface area contributed by atoms with Crippen LogP contribution in [0.3, 0.4) is 0 Å². The first-order valence-electron chi connectivity index (χ1n) is 7.44. The molecule has 3 rings (SSSR count). The highest BCUT2D eigenvalue weighted by Gasteiger charge is 2.18. The minimum Gasteiger partial charge on any atom is -0.321 e. The number of carbonyl (C=O) groups is 2. The molecule has 2 aromatic heterocycles. The van der Waals surface area contributed by atoms with E-state index in [-0.39, 0.29) is 11.7 Å². The third-order valence-corrected chi connectivity index (χ3v) is 4.33. The molecule has 0 unspecified atom stereocenters. The number of carbonyl (C=O) groups excluding carboxylic acids is 2. The number of hydrogen-bond donors (Lipinski definition) is 1. The third-order valence-electron chi connectivity index (χ3n) is 3.75. The number of imidazole rings is 1. The molecule has 0 saturated heterocycles. The lowest BCUT2D eigenvalue weighted by Crippen LogP contribution is -2.15. The van der Waals surface area contributed by atoms with Crippen LogP contribution in [0.25, 0.3) is 5.65 Å². The largest absolute Gasteiger partial charge is 0.321 e. The highest BCUT2D eigenvalue weighted by Crippen LogP contribution is 2.23. The van der Waals surface area contributed by atoms with Gasteiger partial charge in [-0.05, 0) is 72.6 Å². The van der Waals surface area contributed by atoms with Crippen LogP contribution < -0.4 is 5.32 Å².